The summed E-state index contributed by atoms with van der Waals surface area (Å²) in [5.74, 6) is -0.762. The Balaban J connectivity index is 2.70. The van der Waals surface area contributed by atoms with Gasteiger partial charge in [-0.2, -0.15) is 0 Å². The summed E-state index contributed by atoms with van der Waals surface area (Å²) in [7, 11) is -2.03. The normalized spacial score (nSPS) is 11.0. The van der Waals surface area contributed by atoms with Crippen molar-refractivity contribution < 1.29 is 18.1 Å². The highest BCUT2D eigenvalue weighted by molar-refractivity contribution is 7.89. The highest BCUT2D eigenvalue weighted by Gasteiger charge is 2.16. The van der Waals surface area contributed by atoms with E-state index in [1.807, 2.05) is 0 Å². The summed E-state index contributed by atoms with van der Waals surface area (Å²) < 4.78 is 21.4. The number of rotatable bonds is 7. The van der Waals surface area contributed by atoms with Gasteiger partial charge in [-0.3, -0.25) is 14.9 Å². The molecule has 0 unspecified atom stereocenters. The number of sulfonamides is 1. The molecule has 0 atom stereocenters. The van der Waals surface area contributed by atoms with E-state index in [1.165, 1.54) is 19.2 Å². The van der Waals surface area contributed by atoms with Crippen molar-refractivity contribution in [2.45, 2.75) is 6.42 Å². The molecule has 1 aromatic rings. The number of amides is 1. The smallest absolute Gasteiger partial charge is 0.293 e. The summed E-state index contributed by atoms with van der Waals surface area (Å²) in [5, 5.41) is 20.8. The molecule has 0 aromatic heterocycles. The maximum Gasteiger partial charge on any atom is 0.293 e. The van der Waals surface area contributed by atoms with Gasteiger partial charge in [-0.15, -0.1) is 0 Å². The van der Waals surface area contributed by atoms with E-state index in [1.54, 1.807) is 0 Å². The fourth-order valence-electron chi connectivity index (χ4n) is 1.61. The SMILES string of the molecule is CNc1ccc(C(=O)NCCCS(N)(=O)=O)cc1[N+](=O)[O-]. The number of hydrogen-bond acceptors (Lipinski definition) is 6. The van der Waals surface area contributed by atoms with Gasteiger partial charge in [0.15, 0.2) is 0 Å². The highest BCUT2D eigenvalue weighted by Crippen LogP contribution is 2.24. The minimum atomic E-state index is -3.56. The lowest BCUT2D eigenvalue weighted by atomic mass is 10.1. The Labute approximate surface area is 121 Å². The Morgan fingerprint density at radius 1 is 1.43 bits per heavy atom. The van der Waals surface area contributed by atoms with Crippen molar-refractivity contribution in [2.24, 2.45) is 5.14 Å². The topological polar surface area (TPSA) is 144 Å². The molecule has 0 aliphatic carbocycles. The Hall–Kier alpha value is -2.20. The molecule has 116 valence electrons. The third-order valence-corrected chi connectivity index (χ3v) is 3.47. The van der Waals surface area contributed by atoms with Crippen LogP contribution in [0.2, 0.25) is 0 Å². The largest absolute Gasteiger partial charge is 0.383 e. The van der Waals surface area contributed by atoms with Crippen molar-refractivity contribution in [3.8, 4) is 0 Å². The summed E-state index contributed by atoms with van der Waals surface area (Å²) in [6, 6.07) is 4.02. The fraction of sp³-hybridized carbons (Fsp3) is 0.364. The second kappa shape index (κ2) is 6.99. The second-order valence-corrected chi connectivity index (χ2v) is 5.95. The maximum absolute atomic E-state index is 11.8. The Morgan fingerprint density at radius 3 is 2.62 bits per heavy atom. The first kappa shape index (κ1) is 16.9. The number of nitrogens with one attached hydrogen (secondary N) is 2. The number of nitro benzene ring substituents is 1. The number of nitrogens with zero attached hydrogens (tertiary/aromatic N) is 1. The van der Waals surface area contributed by atoms with Crippen LogP contribution in [0.4, 0.5) is 11.4 Å². The molecule has 0 fully saturated rings. The molecule has 0 aliphatic heterocycles. The van der Waals surface area contributed by atoms with E-state index < -0.39 is 20.9 Å². The summed E-state index contributed by atoms with van der Waals surface area (Å²) >= 11 is 0. The summed E-state index contributed by atoms with van der Waals surface area (Å²) in [6.45, 7) is 0.108. The van der Waals surface area contributed by atoms with E-state index in [4.69, 9.17) is 5.14 Å². The van der Waals surface area contributed by atoms with Gasteiger partial charge in [0.2, 0.25) is 10.0 Å². The molecule has 1 rings (SSSR count). The lowest BCUT2D eigenvalue weighted by molar-refractivity contribution is -0.384. The van der Waals surface area contributed by atoms with Crippen LogP contribution in [0.15, 0.2) is 18.2 Å². The van der Waals surface area contributed by atoms with Crippen LogP contribution in [-0.2, 0) is 10.0 Å². The predicted octanol–water partition coefficient (Wildman–Crippen LogP) is 0.0449. The van der Waals surface area contributed by atoms with E-state index in [0.29, 0.717) is 5.69 Å². The molecule has 0 saturated heterocycles. The minimum absolute atomic E-state index is 0.108. The monoisotopic (exact) mass is 316 g/mol. The molecule has 0 heterocycles. The van der Waals surface area contributed by atoms with Crippen LogP contribution < -0.4 is 15.8 Å². The summed E-state index contributed by atoms with van der Waals surface area (Å²) in [4.78, 5) is 22.1. The van der Waals surface area contributed by atoms with Crippen LogP contribution in [0.25, 0.3) is 0 Å². The summed E-state index contributed by atoms with van der Waals surface area (Å²) in [5.41, 5.74) is 0.205. The average Bonchev–Trinajstić information content (AvgIpc) is 2.41. The molecule has 0 saturated carbocycles. The van der Waals surface area contributed by atoms with Crippen LogP contribution in [-0.4, -0.2) is 38.6 Å². The van der Waals surface area contributed by atoms with E-state index in [9.17, 15) is 23.3 Å². The van der Waals surface area contributed by atoms with Crippen molar-refractivity contribution in [3.63, 3.8) is 0 Å². The lowest BCUT2D eigenvalue weighted by Gasteiger charge is -2.07. The van der Waals surface area contributed by atoms with Crippen molar-refractivity contribution in [1.29, 1.82) is 0 Å². The Morgan fingerprint density at radius 2 is 2.10 bits per heavy atom. The molecular formula is C11H16N4O5S. The molecule has 10 heteroatoms. The van der Waals surface area contributed by atoms with Gasteiger partial charge in [-0.05, 0) is 18.6 Å². The van der Waals surface area contributed by atoms with Gasteiger partial charge in [0.1, 0.15) is 5.69 Å². The van der Waals surface area contributed by atoms with Gasteiger partial charge in [-0.25, -0.2) is 13.6 Å². The van der Waals surface area contributed by atoms with Crippen molar-refractivity contribution >= 4 is 27.3 Å². The molecule has 0 radical (unpaired) electrons. The maximum atomic E-state index is 11.8. The lowest BCUT2D eigenvalue weighted by Crippen LogP contribution is -2.27. The fourth-order valence-corrected chi connectivity index (χ4v) is 2.16. The third kappa shape index (κ3) is 5.36. The molecular weight excluding hydrogens is 300 g/mol. The molecule has 0 spiro atoms. The van der Waals surface area contributed by atoms with Crippen molar-refractivity contribution in [3.05, 3.63) is 33.9 Å². The van der Waals surface area contributed by atoms with Crippen LogP contribution in [0.5, 0.6) is 0 Å². The van der Waals surface area contributed by atoms with Gasteiger partial charge < -0.3 is 10.6 Å². The molecule has 1 aromatic carbocycles. The van der Waals surface area contributed by atoms with Crippen LogP contribution >= 0.6 is 0 Å². The number of benzene rings is 1. The van der Waals surface area contributed by atoms with Gasteiger partial charge >= 0.3 is 0 Å². The van der Waals surface area contributed by atoms with Crippen LogP contribution in [0, 0.1) is 10.1 Å². The summed E-state index contributed by atoms with van der Waals surface area (Å²) in [6.07, 6.45) is 0.168. The van der Waals surface area contributed by atoms with E-state index in [0.717, 1.165) is 6.07 Å². The number of nitro groups is 1. The van der Waals surface area contributed by atoms with E-state index in [-0.39, 0.29) is 30.0 Å². The third-order valence-electron chi connectivity index (χ3n) is 2.62. The quantitative estimate of drug-likeness (QED) is 0.368. The van der Waals surface area contributed by atoms with Crippen LogP contribution in [0.3, 0.4) is 0 Å². The molecule has 21 heavy (non-hydrogen) atoms. The first-order valence-corrected chi connectivity index (χ1v) is 7.71. The number of carbonyl (C=O) groups is 1. The molecule has 4 N–H and O–H groups in total. The Bertz CT molecular complexity index is 644. The number of hydrogen-bond donors (Lipinski definition) is 3. The first-order chi connectivity index (χ1) is 9.74. The second-order valence-electron chi connectivity index (χ2n) is 4.22. The zero-order valence-electron chi connectivity index (χ0n) is 11.3. The molecule has 9 nitrogen and oxygen atoms in total. The van der Waals surface area contributed by atoms with E-state index >= 15 is 0 Å². The highest BCUT2D eigenvalue weighted by atomic mass is 32.2. The Kier molecular flexibility index (Phi) is 5.61. The number of primary sulfonamides is 1. The zero-order chi connectivity index (χ0) is 16.0. The molecule has 0 bridgehead atoms. The first-order valence-electron chi connectivity index (χ1n) is 5.99. The number of nitrogens with two attached hydrogens (primary N) is 1. The van der Waals surface area contributed by atoms with Gasteiger partial charge in [0, 0.05) is 25.2 Å². The molecule has 0 aliphatic rings. The molecule has 1 amide bonds. The van der Waals surface area contributed by atoms with Gasteiger partial charge in [0.05, 0.1) is 10.7 Å². The van der Waals surface area contributed by atoms with Crippen molar-refractivity contribution in [2.75, 3.05) is 24.7 Å². The zero-order valence-corrected chi connectivity index (χ0v) is 12.1. The van der Waals surface area contributed by atoms with Gasteiger partial charge in [0.25, 0.3) is 11.6 Å². The van der Waals surface area contributed by atoms with Crippen molar-refractivity contribution in [1.82, 2.24) is 5.32 Å². The van der Waals surface area contributed by atoms with Gasteiger partial charge in [-0.1, -0.05) is 0 Å². The minimum Gasteiger partial charge on any atom is -0.383 e. The number of carbonyl (C=O) groups excluding carboxylic acids is 1. The standard InChI is InChI=1S/C11H16N4O5S/c1-13-9-4-3-8(7-10(9)15(17)18)11(16)14-5-2-6-21(12,19)20/h3-4,7,13H,2,5-6H2,1H3,(H,14,16)(H2,12,19,20). The average molecular weight is 316 g/mol. The number of anilines is 1. The van der Waals surface area contributed by atoms with E-state index in [2.05, 4.69) is 10.6 Å². The van der Waals surface area contributed by atoms with Crippen LogP contribution in [0.1, 0.15) is 16.8 Å². The predicted molar refractivity (Wildman–Crippen MR) is 77.6 cm³/mol.